The number of aromatic nitrogens is 2. The number of amides is 1. The first-order chi connectivity index (χ1) is 11.6. The van der Waals surface area contributed by atoms with Crippen LogP contribution in [0.25, 0.3) is 0 Å². The number of anilines is 2. The monoisotopic (exact) mass is 397 g/mol. The molecule has 0 radical (unpaired) electrons. The van der Waals surface area contributed by atoms with Gasteiger partial charge in [0.05, 0.1) is 23.5 Å². The van der Waals surface area contributed by atoms with Crippen molar-refractivity contribution in [1.82, 2.24) is 15.1 Å². The molecule has 6 nitrogen and oxygen atoms in total. The highest BCUT2D eigenvalue weighted by Crippen LogP contribution is 2.36. The van der Waals surface area contributed by atoms with Gasteiger partial charge in [0.25, 0.3) is 0 Å². The fraction of sp³-hybridized carbons (Fsp3) is 0.444. The number of rotatable bonds is 2. The van der Waals surface area contributed by atoms with Crippen molar-refractivity contribution in [3.05, 3.63) is 42.2 Å². The van der Waals surface area contributed by atoms with Gasteiger partial charge >= 0.3 is 0 Å². The summed E-state index contributed by atoms with van der Waals surface area (Å²) in [5.74, 6) is 0.373. The zero-order valence-corrected chi connectivity index (χ0v) is 16.6. The quantitative estimate of drug-likeness (QED) is 0.842. The van der Waals surface area contributed by atoms with Crippen molar-refractivity contribution < 1.29 is 4.79 Å². The smallest absolute Gasteiger partial charge is 0.232 e. The second kappa shape index (κ2) is 8.29. The van der Waals surface area contributed by atoms with E-state index in [1.807, 2.05) is 42.5 Å². The van der Waals surface area contributed by atoms with Crippen molar-refractivity contribution in [2.75, 3.05) is 43.0 Å². The zero-order chi connectivity index (χ0) is 16.7. The van der Waals surface area contributed by atoms with Gasteiger partial charge in [-0.3, -0.25) is 9.48 Å². The summed E-state index contributed by atoms with van der Waals surface area (Å²) >= 11 is 0. The number of carbonyl (C=O) groups excluding carboxylic acids is 1. The molecule has 4 rings (SSSR count). The average Bonchev–Trinajstić information content (AvgIpc) is 3.23. The Morgan fingerprint density at radius 2 is 1.85 bits per heavy atom. The number of hydrogen-bond donors (Lipinski definition) is 1. The van der Waals surface area contributed by atoms with E-state index < -0.39 is 0 Å². The van der Waals surface area contributed by atoms with Crippen LogP contribution in [0.1, 0.15) is 11.5 Å². The van der Waals surface area contributed by atoms with Crippen molar-refractivity contribution in [1.29, 1.82) is 0 Å². The molecule has 142 valence electrons. The van der Waals surface area contributed by atoms with Crippen LogP contribution in [0.5, 0.6) is 0 Å². The summed E-state index contributed by atoms with van der Waals surface area (Å²) < 4.78 is 1.81. The predicted octanol–water partition coefficient (Wildman–Crippen LogP) is 2.05. The minimum atomic E-state index is -0.0364. The predicted molar refractivity (Wildman–Crippen MR) is 109 cm³/mol. The van der Waals surface area contributed by atoms with Crippen LogP contribution in [-0.2, 0) is 11.8 Å². The number of para-hydroxylation sites is 2. The van der Waals surface area contributed by atoms with Gasteiger partial charge in [-0.2, -0.15) is 5.10 Å². The first-order valence-corrected chi connectivity index (χ1v) is 8.46. The molecule has 1 aromatic heterocycles. The molecule has 0 aliphatic carbocycles. The third-order valence-electron chi connectivity index (χ3n) is 5.19. The van der Waals surface area contributed by atoms with Crippen LogP contribution < -0.4 is 15.1 Å². The largest absolute Gasteiger partial charge is 0.371 e. The lowest BCUT2D eigenvalue weighted by atomic mass is 9.89. The Hall–Kier alpha value is -1.76. The molecule has 2 aliphatic heterocycles. The summed E-state index contributed by atoms with van der Waals surface area (Å²) in [7, 11) is 4.00. The number of halogens is 2. The van der Waals surface area contributed by atoms with Crippen LogP contribution in [-0.4, -0.2) is 48.9 Å². The summed E-state index contributed by atoms with van der Waals surface area (Å²) in [5, 5.41) is 7.66. The van der Waals surface area contributed by atoms with E-state index >= 15 is 0 Å². The van der Waals surface area contributed by atoms with Crippen LogP contribution in [0.3, 0.4) is 0 Å². The fourth-order valence-corrected chi connectivity index (χ4v) is 3.86. The normalized spacial score (nSPS) is 21.6. The Balaban J connectivity index is 0.00000121. The summed E-state index contributed by atoms with van der Waals surface area (Å²) in [6, 6.07) is 8.16. The standard InChI is InChI=1S/C18H23N5O.2ClH/c1-21-7-8-23(17-6-4-3-5-16(17)21)18(24)15-11-19-10-14(15)13-9-20-22(2)12-13;;/h3-6,9,12,14-15,19H,7-8,10-11H2,1-2H3;2*1H/t14-,15+;;/m1../s1. The van der Waals surface area contributed by atoms with Crippen LogP contribution in [0.2, 0.25) is 0 Å². The molecule has 1 saturated heterocycles. The van der Waals surface area contributed by atoms with Gasteiger partial charge in [-0.1, -0.05) is 12.1 Å². The third kappa shape index (κ3) is 3.54. The minimum absolute atomic E-state index is 0. The van der Waals surface area contributed by atoms with Gasteiger partial charge in [-0.15, -0.1) is 24.8 Å². The molecule has 1 N–H and O–H groups in total. The maximum absolute atomic E-state index is 13.3. The number of benzene rings is 1. The molecule has 1 aromatic carbocycles. The summed E-state index contributed by atoms with van der Waals surface area (Å²) in [6.45, 7) is 3.16. The first-order valence-electron chi connectivity index (χ1n) is 8.46. The Morgan fingerprint density at radius 1 is 1.12 bits per heavy atom. The van der Waals surface area contributed by atoms with E-state index in [2.05, 4.69) is 28.4 Å². The van der Waals surface area contributed by atoms with Gasteiger partial charge in [0.15, 0.2) is 0 Å². The van der Waals surface area contributed by atoms with E-state index in [9.17, 15) is 4.79 Å². The van der Waals surface area contributed by atoms with Crippen LogP contribution in [0.15, 0.2) is 36.7 Å². The van der Waals surface area contributed by atoms with Crippen molar-refractivity contribution >= 4 is 42.1 Å². The molecular weight excluding hydrogens is 373 g/mol. The number of fused-ring (bicyclic) bond motifs is 1. The van der Waals surface area contributed by atoms with Gasteiger partial charge < -0.3 is 15.1 Å². The molecule has 2 aromatic rings. The zero-order valence-electron chi connectivity index (χ0n) is 15.0. The second-order valence-electron chi connectivity index (χ2n) is 6.72. The Bertz CT molecular complexity index is 766. The van der Waals surface area contributed by atoms with Gasteiger partial charge in [-0.05, 0) is 17.7 Å². The topological polar surface area (TPSA) is 53.4 Å². The van der Waals surface area contributed by atoms with E-state index in [0.717, 1.165) is 43.1 Å². The van der Waals surface area contributed by atoms with E-state index in [4.69, 9.17) is 0 Å². The first kappa shape index (κ1) is 20.6. The molecule has 1 amide bonds. The molecule has 8 heteroatoms. The number of nitrogens with zero attached hydrogens (tertiary/aromatic N) is 4. The number of nitrogens with one attached hydrogen (secondary N) is 1. The lowest BCUT2D eigenvalue weighted by Gasteiger charge is -2.37. The van der Waals surface area contributed by atoms with Crippen molar-refractivity contribution in [2.45, 2.75) is 5.92 Å². The Labute approximate surface area is 166 Å². The van der Waals surface area contributed by atoms with Crippen LogP contribution >= 0.6 is 24.8 Å². The maximum Gasteiger partial charge on any atom is 0.232 e. The lowest BCUT2D eigenvalue weighted by molar-refractivity contribution is -0.122. The molecule has 0 spiro atoms. The van der Waals surface area contributed by atoms with Gasteiger partial charge in [-0.25, -0.2) is 0 Å². The SMILES string of the molecule is CN1CCN(C(=O)[C@H]2CNC[C@@H]2c2cnn(C)c2)c2ccccc21.Cl.Cl. The highest BCUT2D eigenvalue weighted by Gasteiger charge is 2.38. The fourth-order valence-electron chi connectivity index (χ4n) is 3.86. The van der Waals surface area contributed by atoms with Gasteiger partial charge in [0, 0.05) is 52.4 Å². The molecule has 3 heterocycles. The summed E-state index contributed by atoms with van der Waals surface area (Å²) in [5.41, 5.74) is 3.29. The number of carbonyl (C=O) groups is 1. The van der Waals surface area contributed by atoms with E-state index in [0.29, 0.717) is 0 Å². The Kier molecular flexibility index (Phi) is 6.55. The molecule has 2 atom stereocenters. The van der Waals surface area contributed by atoms with Gasteiger partial charge in [0.1, 0.15) is 0 Å². The maximum atomic E-state index is 13.3. The Morgan fingerprint density at radius 3 is 2.54 bits per heavy atom. The lowest BCUT2D eigenvalue weighted by Crippen LogP contribution is -2.46. The van der Waals surface area contributed by atoms with Crippen molar-refractivity contribution in [3.63, 3.8) is 0 Å². The third-order valence-corrected chi connectivity index (χ3v) is 5.19. The van der Waals surface area contributed by atoms with E-state index in [1.54, 1.807) is 4.68 Å². The molecule has 0 unspecified atom stereocenters. The molecule has 2 aliphatic rings. The highest BCUT2D eigenvalue weighted by molar-refractivity contribution is 6.00. The molecule has 26 heavy (non-hydrogen) atoms. The van der Waals surface area contributed by atoms with Crippen LogP contribution in [0, 0.1) is 5.92 Å². The highest BCUT2D eigenvalue weighted by atomic mass is 35.5. The molecule has 0 saturated carbocycles. The summed E-state index contributed by atoms with van der Waals surface area (Å²) in [6.07, 6.45) is 3.91. The summed E-state index contributed by atoms with van der Waals surface area (Å²) in [4.78, 5) is 17.5. The minimum Gasteiger partial charge on any atom is -0.371 e. The van der Waals surface area contributed by atoms with E-state index in [1.165, 1.54) is 0 Å². The van der Waals surface area contributed by atoms with Gasteiger partial charge in [0.2, 0.25) is 5.91 Å². The van der Waals surface area contributed by atoms with Crippen molar-refractivity contribution in [2.24, 2.45) is 13.0 Å². The van der Waals surface area contributed by atoms with E-state index in [-0.39, 0.29) is 42.6 Å². The number of likely N-dealkylation sites (N-methyl/N-ethyl adjacent to an activating group) is 1. The molecule has 1 fully saturated rings. The van der Waals surface area contributed by atoms with Crippen molar-refractivity contribution in [3.8, 4) is 0 Å². The molecular formula is C18H25Cl2N5O. The average molecular weight is 398 g/mol. The number of aryl methyl sites for hydroxylation is 1. The number of hydrogen-bond acceptors (Lipinski definition) is 4. The van der Waals surface area contributed by atoms with Crippen LogP contribution in [0.4, 0.5) is 11.4 Å². The molecule has 0 bridgehead atoms. The second-order valence-corrected chi connectivity index (χ2v) is 6.72.